The molecule has 0 bridgehead atoms. The molecule has 0 fully saturated rings. The molecule has 0 aromatic carbocycles. The number of aliphatic hydroxyl groups is 1. The molecular formula is C69H140N2O6P+. The molecular weight excluding hydrogens is 984 g/mol. The van der Waals surface area contributed by atoms with E-state index in [9.17, 15) is 19.4 Å². The molecule has 78 heavy (non-hydrogen) atoms. The van der Waals surface area contributed by atoms with Crippen LogP contribution >= 0.6 is 7.82 Å². The van der Waals surface area contributed by atoms with Gasteiger partial charge in [0.1, 0.15) is 13.2 Å². The molecule has 1 amide bonds. The predicted octanol–water partition coefficient (Wildman–Crippen LogP) is 22.1. The molecule has 466 valence electrons. The lowest BCUT2D eigenvalue weighted by atomic mass is 10.0. The van der Waals surface area contributed by atoms with E-state index >= 15 is 0 Å². The molecule has 8 nitrogen and oxygen atoms in total. The molecule has 3 unspecified atom stereocenters. The Bertz CT molecular complexity index is 1280. The van der Waals surface area contributed by atoms with E-state index < -0.39 is 20.0 Å². The van der Waals surface area contributed by atoms with Crippen LogP contribution in [0.2, 0.25) is 0 Å². The van der Waals surface area contributed by atoms with E-state index in [2.05, 4.69) is 31.3 Å². The Kier molecular flexibility index (Phi) is 60.2. The van der Waals surface area contributed by atoms with Crippen LogP contribution in [0.25, 0.3) is 0 Å². The van der Waals surface area contributed by atoms with Gasteiger partial charge in [-0.25, -0.2) is 4.57 Å². The number of nitrogens with one attached hydrogen (secondary N) is 1. The first-order valence-electron chi connectivity index (χ1n) is 35.1. The van der Waals surface area contributed by atoms with Gasteiger partial charge in [-0.05, 0) is 38.5 Å². The van der Waals surface area contributed by atoms with Crippen molar-refractivity contribution < 1.29 is 32.9 Å². The third kappa shape index (κ3) is 62.8. The number of carbonyl (C=O) groups excluding carboxylic acids is 1. The quantitative estimate of drug-likeness (QED) is 0.0243. The van der Waals surface area contributed by atoms with Gasteiger partial charge in [-0.2, -0.15) is 0 Å². The van der Waals surface area contributed by atoms with E-state index in [-0.39, 0.29) is 19.1 Å². The number of phosphoric ester groups is 1. The summed E-state index contributed by atoms with van der Waals surface area (Å²) < 4.78 is 23.9. The summed E-state index contributed by atoms with van der Waals surface area (Å²) in [6, 6.07) is -0.758. The number of phosphoric acid groups is 1. The molecule has 0 radical (unpaired) electrons. The summed E-state index contributed by atoms with van der Waals surface area (Å²) in [5, 5.41) is 14.1. The van der Waals surface area contributed by atoms with Crippen LogP contribution in [0.3, 0.4) is 0 Å². The summed E-state index contributed by atoms with van der Waals surface area (Å²) in [6.07, 6.45) is 77.5. The molecule has 9 heteroatoms. The van der Waals surface area contributed by atoms with Crippen molar-refractivity contribution in [2.75, 3.05) is 40.9 Å². The molecule has 0 aliphatic carbocycles. The standard InChI is InChI=1S/C69H139N2O6P/c1-6-8-10-12-14-16-18-20-22-24-26-28-29-30-31-32-33-34-35-36-37-38-39-40-41-43-45-47-49-51-53-55-57-59-61-63-69(73)70-67(66-77-78(74,75)76-65-64-71(3,4)5)68(72)62-60-58-56-54-52-50-48-46-44-42-27-25-23-21-19-17-15-13-11-9-7-2/h32-33,67-68,72H,6-31,34-66H2,1-5H3,(H-,70,73,74,75)/p+1/b33-32-. The van der Waals surface area contributed by atoms with Crippen molar-refractivity contribution in [3.63, 3.8) is 0 Å². The normalized spacial score (nSPS) is 13.7. The molecule has 0 rings (SSSR count). The van der Waals surface area contributed by atoms with Gasteiger partial charge in [0.05, 0.1) is 39.9 Å². The minimum absolute atomic E-state index is 0.0782. The number of allylic oxidation sites excluding steroid dienone is 2. The number of rotatable bonds is 66. The van der Waals surface area contributed by atoms with Crippen molar-refractivity contribution in [1.29, 1.82) is 0 Å². The number of hydrogen-bond acceptors (Lipinski definition) is 5. The molecule has 0 heterocycles. The van der Waals surface area contributed by atoms with Gasteiger partial charge >= 0.3 is 7.82 Å². The number of amides is 1. The molecule has 0 aliphatic rings. The van der Waals surface area contributed by atoms with Crippen LogP contribution in [0.1, 0.15) is 373 Å². The summed E-state index contributed by atoms with van der Waals surface area (Å²) in [5.74, 6) is -0.135. The highest BCUT2D eigenvalue weighted by Crippen LogP contribution is 2.43. The first-order valence-corrected chi connectivity index (χ1v) is 36.5. The summed E-state index contributed by atoms with van der Waals surface area (Å²) in [7, 11) is 1.64. The Labute approximate surface area is 488 Å². The number of aliphatic hydroxyl groups excluding tert-OH is 1. The van der Waals surface area contributed by atoms with Gasteiger partial charge in [0.2, 0.25) is 5.91 Å². The monoisotopic (exact) mass is 1120 g/mol. The highest BCUT2D eigenvalue weighted by molar-refractivity contribution is 7.47. The van der Waals surface area contributed by atoms with Gasteiger partial charge in [-0.15, -0.1) is 0 Å². The molecule has 0 aliphatic heterocycles. The number of hydrogen-bond donors (Lipinski definition) is 3. The van der Waals surface area contributed by atoms with Gasteiger partial charge in [0.25, 0.3) is 0 Å². The van der Waals surface area contributed by atoms with E-state index in [0.29, 0.717) is 23.9 Å². The molecule has 3 atom stereocenters. The summed E-state index contributed by atoms with van der Waals surface area (Å²) >= 11 is 0. The van der Waals surface area contributed by atoms with E-state index in [4.69, 9.17) is 9.05 Å². The lowest BCUT2D eigenvalue weighted by Gasteiger charge is -2.26. The fourth-order valence-electron chi connectivity index (χ4n) is 11.0. The first kappa shape index (κ1) is 77.2. The lowest BCUT2D eigenvalue weighted by molar-refractivity contribution is -0.870. The Morgan fingerprint density at radius 1 is 0.423 bits per heavy atom. The van der Waals surface area contributed by atoms with Gasteiger partial charge in [-0.1, -0.05) is 341 Å². The smallest absolute Gasteiger partial charge is 0.391 e. The summed E-state index contributed by atoms with van der Waals surface area (Å²) in [5.41, 5.74) is 0. The molecule has 0 aromatic heterocycles. The van der Waals surface area contributed by atoms with Crippen LogP contribution < -0.4 is 5.32 Å². The Morgan fingerprint density at radius 3 is 0.987 bits per heavy atom. The Morgan fingerprint density at radius 2 is 0.692 bits per heavy atom. The topological polar surface area (TPSA) is 105 Å². The zero-order chi connectivity index (χ0) is 57.0. The third-order valence-corrected chi connectivity index (χ3v) is 17.5. The van der Waals surface area contributed by atoms with Crippen molar-refractivity contribution in [3.8, 4) is 0 Å². The van der Waals surface area contributed by atoms with Crippen molar-refractivity contribution in [3.05, 3.63) is 12.2 Å². The molecule has 0 saturated carbocycles. The average Bonchev–Trinajstić information content (AvgIpc) is 3.41. The molecule has 0 spiro atoms. The van der Waals surface area contributed by atoms with Crippen molar-refractivity contribution in [2.24, 2.45) is 0 Å². The number of carbonyl (C=O) groups is 1. The highest BCUT2D eigenvalue weighted by Gasteiger charge is 2.28. The minimum Gasteiger partial charge on any atom is -0.391 e. The van der Waals surface area contributed by atoms with Gasteiger partial charge in [-0.3, -0.25) is 13.8 Å². The largest absolute Gasteiger partial charge is 0.472 e. The summed E-state index contributed by atoms with van der Waals surface area (Å²) in [6.45, 7) is 4.96. The lowest BCUT2D eigenvalue weighted by Crippen LogP contribution is -2.46. The SMILES string of the molecule is CCCCCCCCCCCCCCCC/C=C\CCCCCCCCCCCCCCCCCCCC(=O)NC(COP(=O)(O)OCC[N+](C)(C)C)C(O)CCCCCCCCCCCCCCCCCCCCCCC. The van der Waals surface area contributed by atoms with Gasteiger partial charge in [0, 0.05) is 6.42 Å². The third-order valence-electron chi connectivity index (χ3n) is 16.5. The van der Waals surface area contributed by atoms with E-state index in [1.165, 1.54) is 308 Å². The van der Waals surface area contributed by atoms with Crippen LogP contribution in [0.4, 0.5) is 0 Å². The van der Waals surface area contributed by atoms with Crippen LogP contribution in [-0.4, -0.2) is 73.4 Å². The summed E-state index contributed by atoms with van der Waals surface area (Å²) in [4.78, 5) is 23.4. The highest BCUT2D eigenvalue weighted by atomic mass is 31.2. The van der Waals surface area contributed by atoms with Crippen LogP contribution in [0.15, 0.2) is 12.2 Å². The molecule has 3 N–H and O–H groups in total. The van der Waals surface area contributed by atoms with Gasteiger partial charge < -0.3 is 19.8 Å². The van der Waals surface area contributed by atoms with E-state index in [1.807, 2.05) is 21.1 Å². The zero-order valence-electron chi connectivity index (χ0n) is 53.5. The van der Waals surface area contributed by atoms with Crippen LogP contribution in [-0.2, 0) is 18.4 Å². The second-order valence-electron chi connectivity index (χ2n) is 25.6. The minimum atomic E-state index is -4.32. The number of quaternary nitrogens is 1. The van der Waals surface area contributed by atoms with E-state index in [1.54, 1.807) is 0 Å². The second kappa shape index (κ2) is 60.8. The van der Waals surface area contributed by atoms with Crippen LogP contribution in [0.5, 0.6) is 0 Å². The molecule has 0 aromatic rings. The van der Waals surface area contributed by atoms with Crippen molar-refractivity contribution in [2.45, 2.75) is 386 Å². The fraction of sp³-hybridized carbons (Fsp3) is 0.957. The fourth-order valence-corrected chi connectivity index (χ4v) is 11.8. The second-order valence-corrected chi connectivity index (χ2v) is 27.1. The average molecular weight is 1120 g/mol. The van der Waals surface area contributed by atoms with Crippen molar-refractivity contribution >= 4 is 13.7 Å². The Hall–Kier alpha value is -0.760. The van der Waals surface area contributed by atoms with E-state index in [0.717, 1.165) is 38.5 Å². The predicted molar refractivity (Wildman–Crippen MR) is 342 cm³/mol. The maximum absolute atomic E-state index is 13.1. The zero-order valence-corrected chi connectivity index (χ0v) is 54.3. The van der Waals surface area contributed by atoms with Gasteiger partial charge in [0.15, 0.2) is 0 Å². The molecule has 0 saturated heterocycles. The number of nitrogens with zero attached hydrogens (tertiary/aromatic N) is 1. The maximum atomic E-state index is 13.1. The number of unbranched alkanes of at least 4 members (excludes halogenated alkanes) is 51. The Balaban J connectivity index is 3.95. The van der Waals surface area contributed by atoms with Crippen LogP contribution in [0, 0.1) is 0 Å². The maximum Gasteiger partial charge on any atom is 0.472 e. The first-order chi connectivity index (χ1) is 38.0. The van der Waals surface area contributed by atoms with Crippen molar-refractivity contribution in [1.82, 2.24) is 5.32 Å². The number of likely N-dealkylation sites (N-methyl/N-ethyl adjacent to an activating group) is 1.